The summed E-state index contributed by atoms with van der Waals surface area (Å²) in [5, 5.41) is 11.6. The average Bonchev–Trinajstić information content (AvgIpc) is 3.12. The first kappa shape index (κ1) is 18.5. The molecule has 134 valence electrons. The van der Waals surface area contributed by atoms with Gasteiger partial charge in [-0.1, -0.05) is 27.7 Å². The van der Waals surface area contributed by atoms with Gasteiger partial charge in [-0.3, -0.25) is 9.36 Å². The molecule has 8 heteroatoms. The predicted octanol–water partition coefficient (Wildman–Crippen LogP) is 4.08. The molecule has 0 atom stereocenters. The number of rotatable bonds is 6. The van der Waals surface area contributed by atoms with Crippen LogP contribution in [0.1, 0.15) is 5.56 Å². The number of carbonyl (C=O) groups is 1. The third kappa shape index (κ3) is 4.44. The fraction of sp³-hybridized carbons (Fsp3) is 0.167. The van der Waals surface area contributed by atoms with Crippen LogP contribution in [0.2, 0.25) is 0 Å². The van der Waals surface area contributed by atoms with Crippen molar-refractivity contribution < 1.29 is 9.53 Å². The van der Waals surface area contributed by atoms with Crippen LogP contribution in [0.25, 0.3) is 5.69 Å². The second kappa shape index (κ2) is 8.37. The molecule has 0 unspecified atom stereocenters. The lowest BCUT2D eigenvalue weighted by molar-refractivity contribution is -0.113. The number of ether oxygens (including phenoxy) is 1. The van der Waals surface area contributed by atoms with Crippen LogP contribution in [0.5, 0.6) is 5.75 Å². The lowest BCUT2D eigenvalue weighted by atomic mass is 10.2. The van der Waals surface area contributed by atoms with Crippen molar-refractivity contribution >= 4 is 39.3 Å². The lowest BCUT2D eigenvalue weighted by Gasteiger charge is -2.08. The van der Waals surface area contributed by atoms with Gasteiger partial charge in [-0.25, -0.2) is 0 Å². The third-order valence-corrected chi connectivity index (χ3v) is 5.47. The van der Waals surface area contributed by atoms with Gasteiger partial charge in [0.25, 0.3) is 0 Å². The highest BCUT2D eigenvalue weighted by atomic mass is 79.9. The summed E-state index contributed by atoms with van der Waals surface area (Å²) in [6, 6.07) is 13.3. The first-order valence-corrected chi connectivity index (χ1v) is 9.58. The van der Waals surface area contributed by atoms with Crippen LogP contribution in [-0.2, 0) is 4.79 Å². The Bertz CT molecular complexity index is 912. The second-order valence-corrected chi connectivity index (χ2v) is 7.28. The van der Waals surface area contributed by atoms with E-state index in [-0.39, 0.29) is 11.7 Å². The van der Waals surface area contributed by atoms with Gasteiger partial charge in [0.2, 0.25) is 5.91 Å². The number of hydrogen-bond donors (Lipinski definition) is 1. The van der Waals surface area contributed by atoms with Gasteiger partial charge in [-0.15, -0.1) is 10.2 Å². The minimum absolute atomic E-state index is 0.0963. The predicted molar refractivity (Wildman–Crippen MR) is 106 cm³/mol. The van der Waals surface area contributed by atoms with Crippen LogP contribution in [0.3, 0.4) is 0 Å². The van der Waals surface area contributed by atoms with E-state index in [1.165, 1.54) is 11.8 Å². The first-order valence-electron chi connectivity index (χ1n) is 7.80. The summed E-state index contributed by atoms with van der Waals surface area (Å²) in [6.07, 6.45) is 1.63. The Balaban J connectivity index is 1.63. The summed E-state index contributed by atoms with van der Waals surface area (Å²) < 4.78 is 8.01. The van der Waals surface area contributed by atoms with Gasteiger partial charge in [-0.2, -0.15) is 0 Å². The Labute approximate surface area is 164 Å². The van der Waals surface area contributed by atoms with Crippen molar-refractivity contribution in [1.82, 2.24) is 14.8 Å². The second-order valence-electron chi connectivity index (χ2n) is 5.48. The number of thioether (sulfide) groups is 1. The van der Waals surface area contributed by atoms with Gasteiger partial charge in [0.15, 0.2) is 5.16 Å². The monoisotopic (exact) mass is 432 g/mol. The molecule has 0 saturated carbocycles. The number of amides is 1. The topological polar surface area (TPSA) is 69.0 Å². The van der Waals surface area contributed by atoms with Crippen LogP contribution >= 0.6 is 27.7 Å². The van der Waals surface area contributed by atoms with E-state index in [0.29, 0.717) is 5.16 Å². The number of anilines is 1. The maximum Gasteiger partial charge on any atom is 0.234 e. The van der Waals surface area contributed by atoms with E-state index in [9.17, 15) is 4.79 Å². The molecule has 0 aliphatic rings. The Kier molecular flexibility index (Phi) is 5.95. The molecule has 0 saturated heterocycles. The van der Waals surface area contributed by atoms with E-state index < -0.39 is 0 Å². The molecular formula is C18H17BrN4O2S. The largest absolute Gasteiger partial charge is 0.497 e. The van der Waals surface area contributed by atoms with Crippen molar-refractivity contribution in [3.8, 4) is 11.4 Å². The van der Waals surface area contributed by atoms with Crippen molar-refractivity contribution in [3.05, 3.63) is 58.8 Å². The number of nitrogens with zero attached hydrogens (tertiary/aromatic N) is 3. The maximum absolute atomic E-state index is 12.2. The quantitative estimate of drug-likeness (QED) is 0.594. The van der Waals surface area contributed by atoms with Crippen LogP contribution in [-0.4, -0.2) is 33.5 Å². The number of carbonyl (C=O) groups excluding carboxylic acids is 1. The van der Waals surface area contributed by atoms with Gasteiger partial charge >= 0.3 is 0 Å². The first-order chi connectivity index (χ1) is 12.6. The molecular weight excluding hydrogens is 416 g/mol. The molecule has 0 aliphatic carbocycles. The molecule has 6 nitrogen and oxygen atoms in total. The third-order valence-electron chi connectivity index (χ3n) is 3.64. The molecule has 1 N–H and O–H groups in total. The number of hydrogen-bond acceptors (Lipinski definition) is 5. The lowest BCUT2D eigenvalue weighted by Crippen LogP contribution is -2.14. The Morgan fingerprint density at radius 3 is 2.73 bits per heavy atom. The minimum atomic E-state index is -0.0963. The fourth-order valence-corrected chi connectivity index (χ4v) is 3.27. The minimum Gasteiger partial charge on any atom is -0.497 e. The van der Waals surface area contributed by atoms with E-state index in [0.717, 1.165) is 27.2 Å². The van der Waals surface area contributed by atoms with E-state index in [4.69, 9.17) is 4.74 Å². The normalized spacial score (nSPS) is 10.6. The highest BCUT2D eigenvalue weighted by Gasteiger charge is 2.11. The number of aromatic nitrogens is 3. The molecule has 3 aromatic rings. The highest BCUT2D eigenvalue weighted by Crippen LogP contribution is 2.23. The summed E-state index contributed by atoms with van der Waals surface area (Å²) in [5.74, 6) is 0.922. The number of aryl methyl sites for hydroxylation is 1. The van der Waals surface area contributed by atoms with E-state index in [2.05, 4.69) is 31.4 Å². The highest BCUT2D eigenvalue weighted by molar-refractivity contribution is 9.10. The molecule has 0 fully saturated rings. The number of benzene rings is 2. The molecule has 1 heterocycles. The fourth-order valence-electron chi connectivity index (χ4n) is 2.29. The number of halogens is 1. The van der Waals surface area contributed by atoms with E-state index >= 15 is 0 Å². The van der Waals surface area contributed by atoms with Crippen molar-refractivity contribution in [1.29, 1.82) is 0 Å². The molecule has 3 rings (SSSR count). The van der Waals surface area contributed by atoms with Gasteiger partial charge in [0.05, 0.1) is 12.9 Å². The van der Waals surface area contributed by atoms with Crippen molar-refractivity contribution in [3.63, 3.8) is 0 Å². The zero-order chi connectivity index (χ0) is 18.5. The summed E-state index contributed by atoms with van der Waals surface area (Å²) >= 11 is 4.78. The molecule has 0 bridgehead atoms. The summed E-state index contributed by atoms with van der Waals surface area (Å²) in [4.78, 5) is 12.2. The molecule has 2 aromatic carbocycles. The zero-order valence-electron chi connectivity index (χ0n) is 14.3. The Morgan fingerprint density at radius 1 is 1.27 bits per heavy atom. The Morgan fingerprint density at radius 2 is 2.04 bits per heavy atom. The molecule has 0 aliphatic heterocycles. The van der Waals surface area contributed by atoms with Gasteiger partial charge in [0.1, 0.15) is 12.1 Å². The molecule has 26 heavy (non-hydrogen) atoms. The SMILES string of the molecule is COc1ccc(-n2cnnc2SCC(=O)Nc2ccc(Br)c(C)c2)cc1. The van der Waals surface area contributed by atoms with Gasteiger partial charge in [-0.05, 0) is 55.0 Å². The molecule has 1 aromatic heterocycles. The molecule has 0 spiro atoms. The van der Waals surface area contributed by atoms with Gasteiger partial charge in [0, 0.05) is 15.8 Å². The van der Waals surface area contributed by atoms with Crippen LogP contribution < -0.4 is 10.1 Å². The van der Waals surface area contributed by atoms with Gasteiger partial charge < -0.3 is 10.1 Å². The summed E-state index contributed by atoms with van der Waals surface area (Å²) in [5.41, 5.74) is 2.74. The van der Waals surface area contributed by atoms with E-state index in [1.807, 2.05) is 54.0 Å². The van der Waals surface area contributed by atoms with Crippen molar-refractivity contribution in [2.45, 2.75) is 12.1 Å². The standard InChI is InChI=1S/C18H17BrN4O2S/c1-12-9-13(3-8-16(12)19)21-17(24)10-26-18-22-20-11-23(18)14-4-6-15(25-2)7-5-14/h3-9,11H,10H2,1-2H3,(H,21,24). The molecule has 1 amide bonds. The van der Waals surface area contributed by atoms with Crippen molar-refractivity contribution in [2.75, 3.05) is 18.2 Å². The average molecular weight is 433 g/mol. The molecule has 0 radical (unpaired) electrons. The van der Waals surface area contributed by atoms with Crippen LogP contribution in [0.15, 0.2) is 58.4 Å². The van der Waals surface area contributed by atoms with Crippen LogP contribution in [0, 0.1) is 6.92 Å². The van der Waals surface area contributed by atoms with E-state index in [1.54, 1.807) is 13.4 Å². The zero-order valence-corrected chi connectivity index (χ0v) is 16.7. The smallest absolute Gasteiger partial charge is 0.234 e. The number of methoxy groups -OCH3 is 1. The Hall–Kier alpha value is -2.32. The number of nitrogens with one attached hydrogen (secondary N) is 1. The summed E-state index contributed by atoms with van der Waals surface area (Å²) in [6.45, 7) is 1.98. The summed E-state index contributed by atoms with van der Waals surface area (Å²) in [7, 11) is 1.63. The van der Waals surface area contributed by atoms with Crippen molar-refractivity contribution in [2.24, 2.45) is 0 Å². The van der Waals surface area contributed by atoms with Crippen LogP contribution in [0.4, 0.5) is 5.69 Å². The maximum atomic E-state index is 12.2.